The minimum absolute atomic E-state index is 0.142. The number of unbranched alkanes of at least 4 members (excludes halogenated alkanes) is 1. The van der Waals surface area contributed by atoms with Crippen molar-refractivity contribution < 1.29 is 5.11 Å². The fourth-order valence-electron chi connectivity index (χ4n) is 2.12. The Morgan fingerprint density at radius 1 is 0.933 bits per heavy atom. The Morgan fingerprint density at radius 3 is 1.87 bits per heavy atom. The molecule has 0 amide bonds. The second-order valence-electron chi connectivity index (χ2n) is 5.41. The summed E-state index contributed by atoms with van der Waals surface area (Å²) in [6.45, 7) is 11.0. The summed E-state index contributed by atoms with van der Waals surface area (Å²) in [5, 5.41) is 9.36. The number of hydrogen-bond acceptors (Lipinski definition) is 1. The second-order valence-corrected chi connectivity index (χ2v) is 5.41. The van der Waals surface area contributed by atoms with Crippen LogP contribution in [-0.2, 0) is 0 Å². The molecule has 92 valence electrons. The smallest absolute Gasteiger partial charge is 0.0537 e. The molecule has 0 saturated heterocycles. The van der Waals surface area contributed by atoms with E-state index in [1.165, 1.54) is 32.1 Å². The van der Waals surface area contributed by atoms with Crippen LogP contribution in [0.3, 0.4) is 0 Å². The van der Waals surface area contributed by atoms with E-state index in [2.05, 4.69) is 27.7 Å². The number of aliphatic hydroxyl groups is 1. The molecule has 0 aromatic heterocycles. The Hall–Kier alpha value is -0.0400. The predicted octanol–water partition coefficient (Wildman–Crippen LogP) is 4.25. The lowest BCUT2D eigenvalue weighted by Gasteiger charge is -2.19. The topological polar surface area (TPSA) is 20.2 Å². The predicted molar refractivity (Wildman–Crippen MR) is 67.9 cm³/mol. The molecule has 0 aliphatic carbocycles. The highest BCUT2D eigenvalue weighted by Gasteiger charge is 2.12. The molecule has 1 nitrogen and oxygen atoms in total. The van der Waals surface area contributed by atoms with Gasteiger partial charge in [0.1, 0.15) is 0 Å². The molecule has 0 aliphatic heterocycles. The fraction of sp³-hybridized carbons (Fsp3) is 1.00. The second kappa shape index (κ2) is 8.15. The monoisotopic (exact) mass is 214 g/mol. The van der Waals surface area contributed by atoms with Crippen molar-refractivity contribution in [1.29, 1.82) is 0 Å². The van der Waals surface area contributed by atoms with E-state index in [4.69, 9.17) is 0 Å². The van der Waals surface area contributed by atoms with E-state index in [-0.39, 0.29) is 6.10 Å². The Kier molecular flexibility index (Phi) is 8.13. The Labute approximate surface area is 96.3 Å². The summed E-state index contributed by atoms with van der Waals surface area (Å²) in [6, 6.07) is 0. The number of hydrogen-bond donors (Lipinski definition) is 1. The summed E-state index contributed by atoms with van der Waals surface area (Å²) in [6.07, 6.45) is 6.30. The van der Waals surface area contributed by atoms with Gasteiger partial charge in [0.25, 0.3) is 0 Å². The van der Waals surface area contributed by atoms with Crippen LogP contribution < -0.4 is 0 Å². The molecule has 0 fully saturated rings. The molecule has 0 saturated carbocycles. The summed E-state index contributed by atoms with van der Waals surface area (Å²) < 4.78 is 0. The minimum Gasteiger partial charge on any atom is -0.393 e. The van der Waals surface area contributed by atoms with E-state index in [9.17, 15) is 5.11 Å². The first-order valence-corrected chi connectivity index (χ1v) is 6.67. The van der Waals surface area contributed by atoms with Gasteiger partial charge in [0.05, 0.1) is 6.10 Å². The molecule has 0 aliphatic rings. The highest BCUT2D eigenvalue weighted by molar-refractivity contribution is 4.63. The van der Waals surface area contributed by atoms with Crippen LogP contribution in [-0.4, -0.2) is 11.2 Å². The van der Waals surface area contributed by atoms with Gasteiger partial charge in [-0.05, 0) is 31.1 Å². The van der Waals surface area contributed by atoms with Gasteiger partial charge in [0.15, 0.2) is 0 Å². The van der Waals surface area contributed by atoms with Crippen molar-refractivity contribution in [3.05, 3.63) is 0 Å². The minimum atomic E-state index is -0.142. The Morgan fingerprint density at radius 2 is 1.47 bits per heavy atom. The van der Waals surface area contributed by atoms with E-state index < -0.39 is 0 Å². The van der Waals surface area contributed by atoms with Gasteiger partial charge < -0.3 is 5.11 Å². The maximum atomic E-state index is 9.36. The molecule has 3 unspecified atom stereocenters. The first kappa shape index (κ1) is 15.0. The summed E-state index contributed by atoms with van der Waals surface area (Å²) in [4.78, 5) is 0. The zero-order valence-corrected chi connectivity index (χ0v) is 11.3. The van der Waals surface area contributed by atoms with Crippen molar-refractivity contribution in [2.24, 2.45) is 17.8 Å². The van der Waals surface area contributed by atoms with Crippen molar-refractivity contribution in [1.82, 2.24) is 0 Å². The lowest BCUT2D eigenvalue weighted by molar-refractivity contribution is 0.128. The van der Waals surface area contributed by atoms with Gasteiger partial charge in [0.2, 0.25) is 0 Å². The standard InChI is InChI=1S/C14H30O/c1-6-14(11(2)3)10-8-7-9-12(4)13(5)15/h11-15H,6-10H2,1-5H3. The summed E-state index contributed by atoms with van der Waals surface area (Å²) in [5.41, 5.74) is 0. The highest BCUT2D eigenvalue weighted by atomic mass is 16.3. The molecule has 15 heavy (non-hydrogen) atoms. The van der Waals surface area contributed by atoms with Gasteiger partial charge in [0, 0.05) is 0 Å². The molecular weight excluding hydrogens is 184 g/mol. The summed E-state index contributed by atoms with van der Waals surface area (Å²) in [7, 11) is 0. The first-order valence-electron chi connectivity index (χ1n) is 6.67. The summed E-state index contributed by atoms with van der Waals surface area (Å²) in [5.74, 6) is 2.18. The molecule has 0 aromatic carbocycles. The van der Waals surface area contributed by atoms with Crippen molar-refractivity contribution in [3.8, 4) is 0 Å². The molecule has 0 bridgehead atoms. The van der Waals surface area contributed by atoms with Gasteiger partial charge in [-0.1, -0.05) is 53.4 Å². The number of aliphatic hydroxyl groups excluding tert-OH is 1. The largest absolute Gasteiger partial charge is 0.393 e. The van der Waals surface area contributed by atoms with E-state index in [0.29, 0.717) is 5.92 Å². The van der Waals surface area contributed by atoms with Crippen molar-refractivity contribution >= 4 is 0 Å². The maximum Gasteiger partial charge on any atom is 0.0537 e. The zero-order valence-electron chi connectivity index (χ0n) is 11.3. The van der Waals surface area contributed by atoms with Crippen LogP contribution in [0.1, 0.15) is 66.7 Å². The first-order chi connectivity index (χ1) is 6.99. The third kappa shape index (κ3) is 6.94. The Bertz CT molecular complexity index is 140. The van der Waals surface area contributed by atoms with Gasteiger partial charge in [-0.25, -0.2) is 0 Å². The van der Waals surface area contributed by atoms with Crippen molar-refractivity contribution in [2.75, 3.05) is 0 Å². The van der Waals surface area contributed by atoms with Crippen LogP contribution in [0.25, 0.3) is 0 Å². The average molecular weight is 214 g/mol. The molecule has 0 rings (SSSR count). The fourth-order valence-corrected chi connectivity index (χ4v) is 2.12. The van der Waals surface area contributed by atoms with Gasteiger partial charge in [-0.2, -0.15) is 0 Å². The van der Waals surface area contributed by atoms with E-state index in [0.717, 1.165) is 11.8 Å². The molecule has 1 heteroatoms. The van der Waals surface area contributed by atoms with Crippen LogP contribution in [0, 0.1) is 17.8 Å². The lowest BCUT2D eigenvalue weighted by atomic mass is 9.87. The third-order valence-electron chi connectivity index (χ3n) is 3.78. The quantitative estimate of drug-likeness (QED) is 0.599. The molecule has 0 heterocycles. The van der Waals surface area contributed by atoms with Crippen LogP contribution in [0.5, 0.6) is 0 Å². The van der Waals surface area contributed by atoms with E-state index in [1.807, 2.05) is 6.92 Å². The molecule has 0 aromatic rings. The van der Waals surface area contributed by atoms with Crippen LogP contribution in [0.15, 0.2) is 0 Å². The number of rotatable bonds is 8. The average Bonchev–Trinajstić information content (AvgIpc) is 2.16. The van der Waals surface area contributed by atoms with Crippen molar-refractivity contribution in [2.45, 2.75) is 72.8 Å². The third-order valence-corrected chi connectivity index (χ3v) is 3.78. The van der Waals surface area contributed by atoms with E-state index in [1.54, 1.807) is 0 Å². The van der Waals surface area contributed by atoms with Crippen LogP contribution in [0.4, 0.5) is 0 Å². The van der Waals surface area contributed by atoms with Crippen LogP contribution in [0.2, 0.25) is 0 Å². The maximum absolute atomic E-state index is 9.36. The molecule has 3 atom stereocenters. The van der Waals surface area contributed by atoms with Crippen molar-refractivity contribution in [3.63, 3.8) is 0 Å². The Balaban J connectivity index is 3.52. The molecule has 0 spiro atoms. The normalized spacial score (nSPS) is 17.8. The summed E-state index contributed by atoms with van der Waals surface area (Å²) >= 11 is 0. The lowest BCUT2D eigenvalue weighted by Crippen LogP contribution is -2.13. The van der Waals surface area contributed by atoms with Crippen LogP contribution >= 0.6 is 0 Å². The molecule has 1 N–H and O–H groups in total. The molecular formula is C14H30O. The van der Waals surface area contributed by atoms with Gasteiger partial charge >= 0.3 is 0 Å². The van der Waals surface area contributed by atoms with E-state index >= 15 is 0 Å². The van der Waals surface area contributed by atoms with Gasteiger partial charge in [-0.3, -0.25) is 0 Å². The van der Waals surface area contributed by atoms with Gasteiger partial charge in [-0.15, -0.1) is 0 Å². The highest BCUT2D eigenvalue weighted by Crippen LogP contribution is 2.23. The molecule has 0 radical (unpaired) electrons. The SMILES string of the molecule is CCC(CCCCC(C)C(C)O)C(C)C. The zero-order chi connectivity index (χ0) is 11.8.